The molecule has 0 aromatic heterocycles. The summed E-state index contributed by atoms with van der Waals surface area (Å²) in [7, 11) is -2.93. The standard InChI is InChI=1S/C13H16BrNO6S/c1-7(2)11(12(16)17)15-22(19,20)10-5-8(13(18)21-3)4-9(14)6-10/h4-7,11,15H,1-3H3,(H,16,17)/t11-/m0/s1. The predicted octanol–water partition coefficient (Wildman–Crippen LogP) is 1.62. The van der Waals surface area contributed by atoms with Crippen molar-refractivity contribution in [1.82, 2.24) is 4.72 Å². The Kier molecular flexibility index (Phi) is 6.09. The lowest BCUT2D eigenvalue weighted by Gasteiger charge is -2.18. The van der Waals surface area contributed by atoms with E-state index in [2.05, 4.69) is 25.4 Å². The van der Waals surface area contributed by atoms with E-state index in [1.807, 2.05) is 0 Å². The van der Waals surface area contributed by atoms with Gasteiger partial charge in [-0.05, 0) is 24.1 Å². The van der Waals surface area contributed by atoms with Gasteiger partial charge in [0.25, 0.3) is 0 Å². The first kappa shape index (κ1) is 18.6. The van der Waals surface area contributed by atoms with Gasteiger partial charge in [0.2, 0.25) is 10.0 Å². The molecule has 1 aromatic rings. The molecule has 0 aliphatic carbocycles. The highest BCUT2D eigenvalue weighted by Gasteiger charge is 2.28. The molecule has 0 unspecified atom stereocenters. The van der Waals surface area contributed by atoms with Crippen molar-refractivity contribution in [3.05, 3.63) is 28.2 Å². The van der Waals surface area contributed by atoms with Crippen LogP contribution in [0.4, 0.5) is 0 Å². The second-order valence-electron chi connectivity index (χ2n) is 4.85. The summed E-state index contributed by atoms with van der Waals surface area (Å²) in [4.78, 5) is 22.4. The minimum atomic E-state index is -4.10. The zero-order valence-corrected chi connectivity index (χ0v) is 14.6. The molecule has 1 aromatic carbocycles. The van der Waals surface area contributed by atoms with E-state index in [1.165, 1.54) is 19.2 Å². The molecule has 1 rings (SSSR count). The quantitative estimate of drug-likeness (QED) is 0.710. The molecule has 2 N–H and O–H groups in total. The minimum absolute atomic E-state index is 0.0358. The SMILES string of the molecule is COC(=O)c1cc(Br)cc(S(=O)(=O)N[C@H](C(=O)O)C(C)C)c1. The maximum Gasteiger partial charge on any atom is 0.337 e. The van der Waals surface area contributed by atoms with Crippen molar-refractivity contribution >= 4 is 37.9 Å². The molecule has 22 heavy (non-hydrogen) atoms. The van der Waals surface area contributed by atoms with Gasteiger partial charge in [0.1, 0.15) is 6.04 Å². The number of esters is 1. The highest BCUT2D eigenvalue weighted by Crippen LogP contribution is 2.21. The monoisotopic (exact) mass is 393 g/mol. The third kappa shape index (κ3) is 4.52. The highest BCUT2D eigenvalue weighted by molar-refractivity contribution is 9.10. The third-order valence-corrected chi connectivity index (χ3v) is 4.70. The molecule has 0 spiro atoms. The van der Waals surface area contributed by atoms with E-state index in [0.717, 1.165) is 6.07 Å². The number of nitrogens with one attached hydrogen (secondary N) is 1. The van der Waals surface area contributed by atoms with Gasteiger partial charge in [-0.2, -0.15) is 4.72 Å². The van der Waals surface area contributed by atoms with E-state index in [1.54, 1.807) is 13.8 Å². The van der Waals surface area contributed by atoms with Crippen molar-refractivity contribution in [1.29, 1.82) is 0 Å². The first-order chi connectivity index (χ1) is 10.1. The van der Waals surface area contributed by atoms with Crippen LogP contribution < -0.4 is 4.72 Å². The second-order valence-corrected chi connectivity index (χ2v) is 7.48. The largest absolute Gasteiger partial charge is 0.480 e. The summed E-state index contributed by atoms with van der Waals surface area (Å²) in [5, 5.41) is 9.08. The van der Waals surface area contributed by atoms with Gasteiger partial charge in [0.05, 0.1) is 17.6 Å². The summed E-state index contributed by atoms with van der Waals surface area (Å²) >= 11 is 3.11. The third-order valence-electron chi connectivity index (χ3n) is 2.82. The first-order valence-electron chi connectivity index (χ1n) is 6.22. The molecule has 0 saturated carbocycles. The highest BCUT2D eigenvalue weighted by atomic mass is 79.9. The number of methoxy groups -OCH3 is 1. The van der Waals surface area contributed by atoms with Crippen molar-refractivity contribution in [2.24, 2.45) is 5.92 Å². The van der Waals surface area contributed by atoms with Crippen LogP contribution in [-0.2, 0) is 19.6 Å². The minimum Gasteiger partial charge on any atom is -0.480 e. The van der Waals surface area contributed by atoms with E-state index in [-0.39, 0.29) is 10.5 Å². The Morgan fingerprint density at radius 3 is 2.32 bits per heavy atom. The molecule has 7 nitrogen and oxygen atoms in total. The molecule has 122 valence electrons. The van der Waals surface area contributed by atoms with Crippen LogP contribution in [0, 0.1) is 5.92 Å². The number of benzene rings is 1. The Balaban J connectivity index is 3.25. The summed E-state index contributed by atoms with van der Waals surface area (Å²) in [5.41, 5.74) is 0.0358. The molecule has 0 amide bonds. The molecule has 0 heterocycles. The molecule has 0 aliphatic heterocycles. The molecule has 0 bridgehead atoms. The summed E-state index contributed by atoms with van der Waals surface area (Å²) < 4.78 is 31.7. The van der Waals surface area contributed by atoms with E-state index >= 15 is 0 Å². The van der Waals surface area contributed by atoms with Crippen LogP contribution in [0.5, 0.6) is 0 Å². The lowest BCUT2D eigenvalue weighted by molar-refractivity contribution is -0.140. The number of carboxylic acid groups (broad SMARTS) is 1. The van der Waals surface area contributed by atoms with Crippen LogP contribution >= 0.6 is 15.9 Å². The van der Waals surface area contributed by atoms with Crippen LogP contribution in [0.2, 0.25) is 0 Å². The zero-order valence-electron chi connectivity index (χ0n) is 12.2. The van der Waals surface area contributed by atoms with Gasteiger partial charge in [-0.1, -0.05) is 29.8 Å². The molecule has 1 atom stereocenters. The molecule has 0 aliphatic rings. The van der Waals surface area contributed by atoms with Gasteiger partial charge in [-0.25, -0.2) is 13.2 Å². The fourth-order valence-corrected chi connectivity index (χ4v) is 3.71. The average Bonchev–Trinajstić information content (AvgIpc) is 2.42. The maximum absolute atomic E-state index is 12.3. The van der Waals surface area contributed by atoms with Crippen molar-refractivity contribution in [2.45, 2.75) is 24.8 Å². The van der Waals surface area contributed by atoms with Gasteiger partial charge < -0.3 is 9.84 Å². The predicted molar refractivity (Wildman–Crippen MR) is 82.1 cm³/mol. The number of ether oxygens (including phenoxy) is 1. The summed E-state index contributed by atoms with van der Waals surface area (Å²) in [5.74, 6) is -2.42. The van der Waals surface area contributed by atoms with Crippen LogP contribution in [-0.4, -0.2) is 38.6 Å². The zero-order chi connectivity index (χ0) is 17.1. The van der Waals surface area contributed by atoms with Crippen molar-refractivity contribution in [3.8, 4) is 0 Å². The molecular weight excluding hydrogens is 378 g/mol. The number of hydrogen-bond acceptors (Lipinski definition) is 5. The van der Waals surface area contributed by atoms with Gasteiger partial charge in [-0.15, -0.1) is 0 Å². The Bertz CT molecular complexity index is 686. The number of halogens is 1. The van der Waals surface area contributed by atoms with E-state index in [9.17, 15) is 18.0 Å². The number of carbonyl (C=O) groups is 2. The van der Waals surface area contributed by atoms with Crippen LogP contribution in [0.3, 0.4) is 0 Å². The normalized spacial score (nSPS) is 13.0. The van der Waals surface area contributed by atoms with Gasteiger partial charge >= 0.3 is 11.9 Å². The number of carbonyl (C=O) groups excluding carboxylic acids is 1. The number of rotatable bonds is 6. The molecule has 0 radical (unpaired) electrons. The molecule has 0 saturated heterocycles. The second kappa shape index (κ2) is 7.21. The smallest absolute Gasteiger partial charge is 0.337 e. The summed E-state index contributed by atoms with van der Waals surface area (Å²) in [6, 6.07) is 2.53. The lowest BCUT2D eigenvalue weighted by atomic mass is 10.1. The lowest BCUT2D eigenvalue weighted by Crippen LogP contribution is -2.44. The Morgan fingerprint density at radius 2 is 1.86 bits per heavy atom. The van der Waals surface area contributed by atoms with E-state index in [0.29, 0.717) is 4.47 Å². The number of carboxylic acids is 1. The van der Waals surface area contributed by atoms with Crippen LogP contribution in [0.25, 0.3) is 0 Å². The van der Waals surface area contributed by atoms with Crippen molar-refractivity contribution in [3.63, 3.8) is 0 Å². The molecule has 9 heteroatoms. The maximum atomic E-state index is 12.3. The average molecular weight is 394 g/mol. The van der Waals surface area contributed by atoms with E-state index in [4.69, 9.17) is 5.11 Å². The van der Waals surface area contributed by atoms with Gasteiger partial charge in [0.15, 0.2) is 0 Å². The van der Waals surface area contributed by atoms with Crippen molar-refractivity contribution in [2.75, 3.05) is 7.11 Å². The Labute approximate surface area is 136 Å². The Hall–Kier alpha value is -1.45. The summed E-state index contributed by atoms with van der Waals surface area (Å²) in [6.45, 7) is 3.17. The summed E-state index contributed by atoms with van der Waals surface area (Å²) in [6.07, 6.45) is 0. The van der Waals surface area contributed by atoms with Crippen molar-refractivity contribution < 1.29 is 27.9 Å². The fraction of sp³-hybridized carbons (Fsp3) is 0.385. The van der Waals surface area contributed by atoms with Crippen LogP contribution in [0.1, 0.15) is 24.2 Å². The van der Waals surface area contributed by atoms with Gasteiger partial charge in [0, 0.05) is 4.47 Å². The van der Waals surface area contributed by atoms with E-state index < -0.39 is 33.9 Å². The topological polar surface area (TPSA) is 110 Å². The van der Waals surface area contributed by atoms with Gasteiger partial charge in [-0.3, -0.25) is 4.79 Å². The molecular formula is C13H16BrNO6S. The number of sulfonamides is 1. The number of hydrogen-bond donors (Lipinski definition) is 2. The Morgan fingerprint density at radius 1 is 1.27 bits per heavy atom. The fourth-order valence-electron chi connectivity index (χ4n) is 1.66. The first-order valence-corrected chi connectivity index (χ1v) is 8.50. The number of aliphatic carboxylic acids is 1. The molecule has 0 fully saturated rings. The van der Waals surface area contributed by atoms with Crippen LogP contribution in [0.15, 0.2) is 27.6 Å².